The van der Waals surface area contributed by atoms with Crippen molar-refractivity contribution in [2.24, 2.45) is 10.7 Å². The molecule has 1 aromatic heterocycles. The Morgan fingerprint density at radius 1 is 1.19 bits per heavy atom. The normalized spacial score (nSPS) is 12.8. The summed E-state index contributed by atoms with van der Waals surface area (Å²) in [7, 11) is 0. The number of furan rings is 1. The molecule has 0 spiro atoms. The standard InChI is InChI=1S/C19H14BrN3O3/c20-13-3-4-15-14(8-13)16(17(26-15)18(21)24)23-19(25)11-1-2-12-9-22-6-5-10(12)7-11/h1-4,7-9H,5-6H2,(H2,21,24)(H,23,25). The van der Waals surface area contributed by atoms with Crippen LogP contribution >= 0.6 is 15.9 Å². The molecule has 0 aliphatic carbocycles. The molecule has 6 nitrogen and oxygen atoms in total. The molecule has 26 heavy (non-hydrogen) atoms. The highest BCUT2D eigenvalue weighted by atomic mass is 79.9. The minimum absolute atomic E-state index is 0.0726. The maximum Gasteiger partial charge on any atom is 0.286 e. The number of nitrogens with two attached hydrogens (primary N) is 1. The number of hydrogen-bond donors (Lipinski definition) is 2. The van der Waals surface area contributed by atoms with Crippen molar-refractivity contribution in [1.82, 2.24) is 0 Å². The predicted octanol–water partition coefficient (Wildman–Crippen LogP) is 3.52. The van der Waals surface area contributed by atoms with E-state index in [0.717, 1.165) is 22.0 Å². The van der Waals surface area contributed by atoms with Gasteiger partial charge in [0.1, 0.15) is 11.3 Å². The summed E-state index contributed by atoms with van der Waals surface area (Å²) in [5, 5.41) is 3.38. The van der Waals surface area contributed by atoms with Gasteiger partial charge in [-0.2, -0.15) is 0 Å². The molecule has 1 aliphatic heterocycles. The Hall–Kier alpha value is -2.93. The van der Waals surface area contributed by atoms with Gasteiger partial charge in [-0.25, -0.2) is 0 Å². The quantitative estimate of drug-likeness (QED) is 0.689. The molecule has 0 bridgehead atoms. The van der Waals surface area contributed by atoms with E-state index >= 15 is 0 Å². The zero-order valence-electron chi connectivity index (χ0n) is 13.6. The predicted molar refractivity (Wildman–Crippen MR) is 103 cm³/mol. The van der Waals surface area contributed by atoms with Crippen molar-refractivity contribution in [2.75, 3.05) is 11.9 Å². The summed E-state index contributed by atoms with van der Waals surface area (Å²) in [6.07, 6.45) is 2.61. The summed E-state index contributed by atoms with van der Waals surface area (Å²) >= 11 is 3.38. The molecule has 130 valence electrons. The molecule has 4 rings (SSSR count). The third-order valence-electron chi connectivity index (χ3n) is 4.26. The number of primary amides is 1. The smallest absolute Gasteiger partial charge is 0.286 e. The lowest BCUT2D eigenvalue weighted by Crippen LogP contribution is -2.17. The lowest BCUT2D eigenvalue weighted by molar-refractivity contribution is 0.0977. The highest BCUT2D eigenvalue weighted by Gasteiger charge is 2.21. The van der Waals surface area contributed by atoms with Crippen LogP contribution in [0.5, 0.6) is 0 Å². The van der Waals surface area contributed by atoms with Gasteiger partial charge in [0, 0.05) is 28.2 Å². The van der Waals surface area contributed by atoms with Crippen LogP contribution in [0, 0.1) is 0 Å². The molecule has 0 saturated heterocycles. The molecule has 3 N–H and O–H groups in total. The zero-order valence-corrected chi connectivity index (χ0v) is 15.2. The molecule has 2 aromatic carbocycles. The van der Waals surface area contributed by atoms with Gasteiger partial charge in [0.2, 0.25) is 5.76 Å². The van der Waals surface area contributed by atoms with Gasteiger partial charge in [-0.15, -0.1) is 0 Å². The van der Waals surface area contributed by atoms with Gasteiger partial charge in [0.25, 0.3) is 11.8 Å². The van der Waals surface area contributed by atoms with E-state index in [1.807, 2.05) is 18.3 Å². The van der Waals surface area contributed by atoms with Crippen molar-refractivity contribution >= 4 is 50.6 Å². The maximum atomic E-state index is 12.8. The topological polar surface area (TPSA) is 97.7 Å². The molecule has 1 aliphatic rings. The van der Waals surface area contributed by atoms with Crippen LogP contribution in [-0.4, -0.2) is 24.6 Å². The van der Waals surface area contributed by atoms with E-state index in [4.69, 9.17) is 10.2 Å². The molecule has 2 amide bonds. The summed E-state index contributed by atoms with van der Waals surface area (Å²) in [6.45, 7) is 0.713. The van der Waals surface area contributed by atoms with Gasteiger partial charge in [0.05, 0.1) is 0 Å². The number of nitrogens with one attached hydrogen (secondary N) is 1. The van der Waals surface area contributed by atoms with E-state index in [9.17, 15) is 9.59 Å². The fourth-order valence-electron chi connectivity index (χ4n) is 2.99. The minimum Gasteiger partial charge on any atom is -0.449 e. The third-order valence-corrected chi connectivity index (χ3v) is 4.75. The number of halogens is 1. The van der Waals surface area contributed by atoms with E-state index in [2.05, 4.69) is 26.2 Å². The van der Waals surface area contributed by atoms with Crippen LogP contribution in [0.15, 0.2) is 50.3 Å². The van der Waals surface area contributed by atoms with Gasteiger partial charge in [-0.3, -0.25) is 14.6 Å². The average molecular weight is 412 g/mol. The molecule has 0 radical (unpaired) electrons. The largest absolute Gasteiger partial charge is 0.449 e. The van der Waals surface area contributed by atoms with Gasteiger partial charge in [-0.05, 0) is 47.9 Å². The molecular weight excluding hydrogens is 398 g/mol. The van der Waals surface area contributed by atoms with Crippen LogP contribution in [-0.2, 0) is 6.42 Å². The maximum absolute atomic E-state index is 12.8. The first-order valence-electron chi connectivity index (χ1n) is 7.99. The Labute approximate surface area is 157 Å². The number of rotatable bonds is 3. The summed E-state index contributed by atoms with van der Waals surface area (Å²) < 4.78 is 6.31. The average Bonchev–Trinajstić information content (AvgIpc) is 2.99. The second-order valence-corrected chi connectivity index (χ2v) is 6.88. The number of carbonyl (C=O) groups excluding carboxylic acids is 2. The van der Waals surface area contributed by atoms with Crippen molar-refractivity contribution in [2.45, 2.75) is 6.42 Å². The van der Waals surface area contributed by atoms with Crippen molar-refractivity contribution in [1.29, 1.82) is 0 Å². The first-order valence-corrected chi connectivity index (χ1v) is 8.78. The van der Waals surface area contributed by atoms with Crippen molar-refractivity contribution in [3.05, 3.63) is 63.3 Å². The van der Waals surface area contributed by atoms with E-state index in [1.165, 1.54) is 0 Å². The Kier molecular flexibility index (Phi) is 4.08. The van der Waals surface area contributed by atoms with Gasteiger partial charge in [0.15, 0.2) is 0 Å². The first-order chi connectivity index (χ1) is 12.5. The van der Waals surface area contributed by atoms with E-state index in [0.29, 0.717) is 23.1 Å². The van der Waals surface area contributed by atoms with Crippen molar-refractivity contribution < 1.29 is 14.0 Å². The van der Waals surface area contributed by atoms with Crippen LogP contribution in [0.1, 0.15) is 32.0 Å². The first kappa shape index (κ1) is 16.5. The number of benzene rings is 2. The Bertz CT molecular complexity index is 1090. The zero-order chi connectivity index (χ0) is 18.3. The Balaban J connectivity index is 1.73. The van der Waals surface area contributed by atoms with Crippen LogP contribution in [0.4, 0.5) is 5.69 Å². The monoisotopic (exact) mass is 411 g/mol. The molecule has 0 atom stereocenters. The Morgan fingerprint density at radius 2 is 2.04 bits per heavy atom. The van der Waals surface area contributed by atoms with Crippen LogP contribution in [0.3, 0.4) is 0 Å². The van der Waals surface area contributed by atoms with Crippen LogP contribution in [0.2, 0.25) is 0 Å². The van der Waals surface area contributed by atoms with E-state index in [1.54, 1.807) is 24.3 Å². The second-order valence-electron chi connectivity index (χ2n) is 5.96. The molecular formula is C19H14BrN3O3. The Morgan fingerprint density at radius 3 is 2.85 bits per heavy atom. The fourth-order valence-corrected chi connectivity index (χ4v) is 3.35. The number of hydrogen-bond acceptors (Lipinski definition) is 4. The van der Waals surface area contributed by atoms with Crippen molar-refractivity contribution in [3.8, 4) is 0 Å². The fraction of sp³-hybridized carbons (Fsp3) is 0.105. The number of fused-ring (bicyclic) bond motifs is 2. The molecule has 0 unspecified atom stereocenters. The molecule has 3 aromatic rings. The highest BCUT2D eigenvalue weighted by Crippen LogP contribution is 2.33. The number of anilines is 1. The molecule has 0 saturated carbocycles. The van der Waals surface area contributed by atoms with Gasteiger partial charge >= 0.3 is 0 Å². The second kappa shape index (κ2) is 6.42. The van der Waals surface area contributed by atoms with Gasteiger partial charge < -0.3 is 15.5 Å². The van der Waals surface area contributed by atoms with Crippen LogP contribution in [0.25, 0.3) is 11.0 Å². The van der Waals surface area contributed by atoms with Crippen LogP contribution < -0.4 is 11.1 Å². The van der Waals surface area contributed by atoms with E-state index in [-0.39, 0.29) is 17.4 Å². The number of nitrogens with zero attached hydrogens (tertiary/aromatic N) is 1. The summed E-state index contributed by atoms with van der Waals surface area (Å²) in [5.74, 6) is -1.15. The summed E-state index contributed by atoms with van der Waals surface area (Å²) in [4.78, 5) is 28.7. The molecule has 2 heterocycles. The molecule has 0 fully saturated rings. The lowest BCUT2D eigenvalue weighted by Gasteiger charge is -2.12. The highest BCUT2D eigenvalue weighted by molar-refractivity contribution is 9.10. The SMILES string of the molecule is NC(=O)c1oc2ccc(Br)cc2c1NC(=O)c1ccc2c(c1)CCN=C2. The number of aliphatic imine (C=N–C) groups is 1. The third kappa shape index (κ3) is 2.90. The van der Waals surface area contributed by atoms with Crippen molar-refractivity contribution in [3.63, 3.8) is 0 Å². The number of carbonyl (C=O) groups is 2. The van der Waals surface area contributed by atoms with E-state index < -0.39 is 5.91 Å². The number of amides is 2. The minimum atomic E-state index is -0.741. The summed E-state index contributed by atoms with van der Waals surface area (Å²) in [5.41, 5.74) is 8.75. The summed E-state index contributed by atoms with van der Waals surface area (Å²) in [6, 6.07) is 10.7. The molecule has 7 heteroatoms. The van der Waals surface area contributed by atoms with Gasteiger partial charge in [-0.1, -0.05) is 22.0 Å². The lowest BCUT2D eigenvalue weighted by atomic mass is 10.00.